The number of rotatable bonds is 4. The molecule has 1 aromatic heterocycles. The number of hydrogen-bond acceptors (Lipinski definition) is 3. The van der Waals surface area contributed by atoms with Crippen LogP contribution in [0.4, 0.5) is 0 Å². The van der Waals surface area contributed by atoms with Crippen LogP contribution in [-0.2, 0) is 6.54 Å². The molecule has 5 heteroatoms. The van der Waals surface area contributed by atoms with Crippen molar-refractivity contribution in [2.75, 3.05) is 0 Å². The highest BCUT2D eigenvalue weighted by atomic mass is 16.4. The summed E-state index contributed by atoms with van der Waals surface area (Å²) < 4.78 is 4.91. The lowest BCUT2D eigenvalue weighted by Gasteiger charge is -2.12. The van der Waals surface area contributed by atoms with Crippen molar-refractivity contribution in [3.8, 4) is 0 Å². The topological polar surface area (TPSA) is 79.5 Å². The summed E-state index contributed by atoms with van der Waals surface area (Å²) in [5.74, 6) is -1.50. The van der Waals surface area contributed by atoms with Crippen LogP contribution in [0.3, 0.4) is 0 Å². The summed E-state index contributed by atoms with van der Waals surface area (Å²) in [4.78, 5) is 23.6. The third-order valence-electron chi connectivity index (χ3n) is 3.10. The lowest BCUT2D eigenvalue weighted by Crippen LogP contribution is -2.26. The third kappa shape index (κ3) is 2.71. The summed E-state index contributed by atoms with van der Waals surface area (Å²) in [6.07, 6.45) is 3.05. The molecule has 0 aliphatic rings. The number of carbonyl (C=O) groups excluding carboxylic acids is 1. The lowest BCUT2D eigenvalue weighted by atomic mass is 9.96. The molecule has 0 saturated carbocycles. The molecule has 1 heterocycles. The van der Waals surface area contributed by atoms with Crippen LogP contribution >= 0.6 is 0 Å². The van der Waals surface area contributed by atoms with Crippen molar-refractivity contribution in [1.82, 2.24) is 5.32 Å². The molecule has 0 saturated heterocycles. The number of hydrogen-bond donors (Lipinski definition) is 2. The highest BCUT2D eigenvalue weighted by molar-refractivity contribution is 6.06. The van der Waals surface area contributed by atoms with Gasteiger partial charge in [0.2, 0.25) is 0 Å². The van der Waals surface area contributed by atoms with Gasteiger partial charge in [0.15, 0.2) is 0 Å². The first-order valence-corrected chi connectivity index (χ1v) is 6.13. The summed E-state index contributed by atoms with van der Waals surface area (Å²) in [6.45, 7) is 3.69. The molecule has 20 heavy (non-hydrogen) atoms. The smallest absolute Gasteiger partial charge is 0.336 e. The molecule has 2 rings (SSSR count). The van der Waals surface area contributed by atoms with E-state index >= 15 is 0 Å². The Hall–Kier alpha value is -2.56. The van der Waals surface area contributed by atoms with Crippen LogP contribution < -0.4 is 5.32 Å². The summed E-state index contributed by atoms with van der Waals surface area (Å²) >= 11 is 0. The lowest BCUT2D eigenvalue weighted by molar-refractivity contribution is 0.0690. The zero-order valence-corrected chi connectivity index (χ0v) is 11.3. The van der Waals surface area contributed by atoms with Crippen LogP contribution in [-0.4, -0.2) is 17.0 Å². The fourth-order valence-electron chi connectivity index (χ4n) is 2.04. The Kier molecular flexibility index (Phi) is 3.89. The molecular weight excluding hydrogens is 258 g/mol. The predicted molar refractivity (Wildman–Crippen MR) is 72.8 cm³/mol. The van der Waals surface area contributed by atoms with Gasteiger partial charge in [0.25, 0.3) is 5.91 Å². The van der Waals surface area contributed by atoms with Crippen molar-refractivity contribution in [2.45, 2.75) is 20.4 Å². The number of aromatic carboxylic acids is 1. The number of carbonyl (C=O) groups is 2. The van der Waals surface area contributed by atoms with E-state index in [9.17, 15) is 14.7 Å². The molecule has 0 radical (unpaired) electrons. The largest absolute Gasteiger partial charge is 0.478 e. The third-order valence-corrected chi connectivity index (χ3v) is 3.10. The van der Waals surface area contributed by atoms with Crippen molar-refractivity contribution in [2.24, 2.45) is 0 Å². The Morgan fingerprint density at radius 3 is 2.35 bits per heavy atom. The van der Waals surface area contributed by atoms with E-state index in [2.05, 4.69) is 5.32 Å². The number of carboxylic acid groups (broad SMARTS) is 1. The van der Waals surface area contributed by atoms with E-state index in [4.69, 9.17) is 4.42 Å². The zero-order chi connectivity index (χ0) is 14.7. The molecule has 0 unspecified atom stereocenters. The number of nitrogens with one attached hydrogen (secondary N) is 1. The zero-order valence-electron chi connectivity index (χ0n) is 11.3. The van der Waals surface area contributed by atoms with E-state index in [1.165, 1.54) is 12.5 Å². The maximum Gasteiger partial charge on any atom is 0.336 e. The molecule has 0 aliphatic heterocycles. The minimum Gasteiger partial charge on any atom is -0.478 e. The number of aryl methyl sites for hydroxylation is 2. The SMILES string of the molecule is Cc1ccc(C)c(C(=O)NCc2ccoc2)c1C(=O)O. The monoisotopic (exact) mass is 273 g/mol. The second kappa shape index (κ2) is 5.61. The number of furan rings is 1. The van der Waals surface area contributed by atoms with Gasteiger partial charge < -0.3 is 14.8 Å². The highest BCUT2D eigenvalue weighted by Crippen LogP contribution is 2.19. The molecule has 104 valence electrons. The first-order valence-electron chi connectivity index (χ1n) is 6.13. The van der Waals surface area contributed by atoms with Gasteiger partial charge in [-0.2, -0.15) is 0 Å². The summed E-state index contributed by atoms with van der Waals surface area (Å²) in [5, 5.41) is 12.0. The summed E-state index contributed by atoms with van der Waals surface area (Å²) in [7, 11) is 0. The van der Waals surface area contributed by atoms with Gasteiger partial charge in [-0.05, 0) is 31.0 Å². The molecule has 5 nitrogen and oxygen atoms in total. The minimum atomic E-state index is -1.10. The van der Waals surface area contributed by atoms with Gasteiger partial charge in [-0.1, -0.05) is 12.1 Å². The number of amides is 1. The molecule has 1 amide bonds. The number of carboxylic acids is 1. The Bertz CT molecular complexity index is 644. The summed E-state index contributed by atoms with van der Waals surface area (Å²) in [5.41, 5.74) is 2.28. The average Bonchev–Trinajstić information content (AvgIpc) is 2.91. The van der Waals surface area contributed by atoms with E-state index in [-0.39, 0.29) is 11.1 Å². The first kappa shape index (κ1) is 13.9. The highest BCUT2D eigenvalue weighted by Gasteiger charge is 2.21. The van der Waals surface area contributed by atoms with E-state index in [0.717, 1.165) is 5.56 Å². The molecule has 0 aliphatic carbocycles. The van der Waals surface area contributed by atoms with Crippen molar-refractivity contribution in [3.63, 3.8) is 0 Å². The molecule has 2 aromatic rings. The molecule has 1 aromatic carbocycles. The van der Waals surface area contributed by atoms with E-state index in [0.29, 0.717) is 17.7 Å². The normalized spacial score (nSPS) is 10.3. The molecule has 0 fully saturated rings. The van der Waals surface area contributed by atoms with Crippen molar-refractivity contribution in [1.29, 1.82) is 0 Å². The fourth-order valence-corrected chi connectivity index (χ4v) is 2.04. The van der Waals surface area contributed by atoms with Gasteiger partial charge in [0, 0.05) is 12.1 Å². The Labute approximate surface area is 116 Å². The molecular formula is C15H15NO4. The van der Waals surface area contributed by atoms with Crippen LogP contribution in [0.5, 0.6) is 0 Å². The van der Waals surface area contributed by atoms with Gasteiger partial charge >= 0.3 is 5.97 Å². The second-order valence-electron chi connectivity index (χ2n) is 4.57. The quantitative estimate of drug-likeness (QED) is 0.897. The van der Waals surface area contributed by atoms with Crippen molar-refractivity contribution in [3.05, 3.63) is 58.5 Å². The van der Waals surface area contributed by atoms with Gasteiger partial charge in [-0.3, -0.25) is 4.79 Å². The van der Waals surface area contributed by atoms with Crippen LogP contribution in [0.25, 0.3) is 0 Å². The van der Waals surface area contributed by atoms with Crippen LogP contribution in [0.15, 0.2) is 35.1 Å². The summed E-state index contributed by atoms with van der Waals surface area (Å²) in [6, 6.07) is 5.18. The molecule has 0 atom stereocenters. The molecule has 2 N–H and O–H groups in total. The van der Waals surface area contributed by atoms with Gasteiger partial charge in [-0.25, -0.2) is 4.79 Å². The van der Waals surface area contributed by atoms with E-state index in [1.807, 2.05) is 0 Å². The second-order valence-corrected chi connectivity index (χ2v) is 4.57. The Morgan fingerprint density at radius 2 is 1.80 bits per heavy atom. The standard InChI is InChI=1S/C15H15NO4/c1-9-3-4-10(2)13(15(18)19)12(9)14(17)16-7-11-5-6-20-8-11/h3-6,8H,7H2,1-2H3,(H,16,17)(H,18,19). The van der Waals surface area contributed by atoms with Gasteiger partial charge in [-0.15, -0.1) is 0 Å². The van der Waals surface area contributed by atoms with E-state index in [1.54, 1.807) is 32.0 Å². The minimum absolute atomic E-state index is 0.0506. The first-order chi connectivity index (χ1) is 9.50. The Balaban J connectivity index is 2.29. The average molecular weight is 273 g/mol. The van der Waals surface area contributed by atoms with Crippen LogP contribution in [0.2, 0.25) is 0 Å². The van der Waals surface area contributed by atoms with Crippen LogP contribution in [0.1, 0.15) is 37.4 Å². The predicted octanol–water partition coefficient (Wildman–Crippen LogP) is 2.52. The van der Waals surface area contributed by atoms with Crippen molar-refractivity contribution < 1.29 is 19.1 Å². The van der Waals surface area contributed by atoms with E-state index < -0.39 is 11.9 Å². The Morgan fingerprint density at radius 1 is 1.15 bits per heavy atom. The maximum absolute atomic E-state index is 12.2. The van der Waals surface area contributed by atoms with Crippen LogP contribution in [0, 0.1) is 13.8 Å². The van der Waals surface area contributed by atoms with Crippen molar-refractivity contribution >= 4 is 11.9 Å². The van der Waals surface area contributed by atoms with Gasteiger partial charge in [0.1, 0.15) is 0 Å². The fraction of sp³-hybridized carbons (Fsp3) is 0.200. The molecule has 0 bridgehead atoms. The van der Waals surface area contributed by atoms with Gasteiger partial charge in [0.05, 0.1) is 23.7 Å². The molecule has 0 spiro atoms. The number of benzene rings is 1. The maximum atomic E-state index is 12.2.